The van der Waals surface area contributed by atoms with Crippen LogP contribution in [0, 0.1) is 0 Å². The molecule has 3 rings (SSSR count). The minimum atomic E-state index is -0.539. The molecule has 9 heteroatoms. The van der Waals surface area contributed by atoms with Crippen molar-refractivity contribution in [2.45, 2.75) is 6.42 Å². The quantitative estimate of drug-likeness (QED) is 0.681. The molecule has 0 radical (unpaired) electrons. The molecule has 122 valence electrons. The molecule has 0 spiro atoms. The number of carbonyl (C=O) groups is 2. The Morgan fingerprint density at radius 2 is 2.21 bits per heavy atom. The predicted octanol–water partition coefficient (Wildman–Crippen LogP) is 1.92. The Balaban J connectivity index is 1.48. The first kappa shape index (κ1) is 15.8. The van der Waals surface area contributed by atoms with Crippen molar-refractivity contribution in [2.75, 3.05) is 11.9 Å². The number of nitrogens with zero attached hydrogens (tertiary/aromatic N) is 3. The van der Waals surface area contributed by atoms with Crippen LogP contribution in [0.3, 0.4) is 0 Å². The van der Waals surface area contributed by atoms with Gasteiger partial charge in [0.05, 0.1) is 17.8 Å². The number of thiazole rings is 1. The van der Waals surface area contributed by atoms with Gasteiger partial charge in [-0.2, -0.15) is 0 Å². The fourth-order valence-electron chi connectivity index (χ4n) is 1.80. The molecule has 3 aromatic heterocycles. The summed E-state index contributed by atoms with van der Waals surface area (Å²) in [5, 5.41) is 8.43. The molecule has 0 aromatic carbocycles. The van der Waals surface area contributed by atoms with E-state index < -0.39 is 18.5 Å². The van der Waals surface area contributed by atoms with Crippen LogP contribution in [-0.2, 0) is 20.7 Å². The molecule has 0 bridgehead atoms. The molecule has 1 amide bonds. The maximum Gasteiger partial charge on any atom is 0.312 e. The van der Waals surface area contributed by atoms with Crippen LogP contribution in [-0.4, -0.2) is 33.6 Å². The summed E-state index contributed by atoms with van der Waals surface area (Å²) in [6, 6.07) is 7.01. The first-order chi connectivity index (χ1) is 11.7. The number of esters is 1. The Labute approximate surface area is 140 Å². The molecule has 24 heavy (non-hydrogen) atoms. The molecule has 0 saturated heterocycles. The van der Waals surface area contributed by atoms with Gasteiger partial charge in [0.15, 0.2) is 12.4 Å². The summed E-state index contributed by atoms with van der Waals surface area (Å²) in [5.41, 5.74) is 1.32. The number of anilines is 1. The van der Waals surface area contributed by atoms with Crippen molar-refractivity contribution < 1.29 is 18.8 Å². The van der Waals surface area contributed by atoms with Gasteiger partial charge in [-0.15, -0.1) is 11.3 Å². The lowest BCUT2D eigenvalue weighted by molar-refractivity contribution is -0.146. The number of hydrogen-bond donors (Lipinski definition) is 1. The van der Waals surface area contributed by atoms with Gasteiger partial charge in [0.2, 0.25) is 0 Å². The zero-order valence-electron chi connectivity index (χ0n) is 12.3. The maximum atomic E-state index is 11.8. The van der Waals surface area contributed by atoms with E-state index in [1.165, 1.54) is 23.7 Å². The Morgan fingerprint density at radius 3 is 2.96 bits per heavy atom. The van der Waals surface area contributed by atoms with Gasteiger partial charge in [0, 0.05) is 17.6 Å². The molecule has 0 atom stereocenters. The summed E-state index contributed by atoms with van der Waals surface area (Å²) in [6.45, 7) is -0.400. The van der Waals surface area contributed by atoms with E-state index in [4.69, 9.17) is 4.74 Å². The Morgan fingerprint density at radius 1 is 1.29 bits per heavy atom. The number of ether oxygens (including phenoxy) is 1. The van der Waals surface area contributed by atoms with Gasteiger partial charge in [-0.1, -0.05) is 11.2 Å². The van der Waals surface area contributed by atoms with Gasteiger partial charge in [-0.3, -0.25) is 14.6 Å². The SMILES string of the molecule is O=C(COC(=O)Cc1csc(-c2ccccn2)n1)Nc1ccon1. The van der Waals surface area contributed by atoms with Crippen LogP contribution >= 0.6 is 11.3 Å². The molecular formula is C15H12N4O4S. The summed E-state index contributed by atoms with van der Waals surface area (Å²) < 4.78 is 9.49. The summed E-state index contributed by atoms with van der Waals surface area (Å²) in [4.78, 5) is 31.9. The van der Waals surface area contributed by atoms with Gasteiger partial charge >= 0.3 is 5.97 Å². The molecule has 8 nitrogen and oxygen atoms in total. The standard InChI is InChI=1S/C15H12N4O4S/c20-13(18-12-4-6-23-19-12)8-22-14(21)7-10-9-24-15(17-10)11-3-1-2-5-16-11/h1-6,9H,7-8H2,(H,18,19,20). The van der Waals surface area contributed by atoms with E-state index in [-0.39, 0.29) is 12.2 Å². The van der Waals surface area contributed by atoms with E-state index in [1.807, 2.05) is 18.2 Å². The lowest BCUT2D eigenvalue weighted by atomic mass is 10.3. The van der Waals surface area contributed by atoms with Gasteiger partial charge in [-0.05, 0) is 12.1 Å². The van der Waals surface area contributed by atoms with Crippen LogP contribution < -0.4 is 5.32 Å². The number of carbonyl (C=O) groups excluding carboxylic acids is 2. The third kappa shape index (κ3) is 4.23. The van der Waals surface area contributed by atoms with Crippen LogP contribution in [0.25, 0.3) is 10.7 Å². The molecule has 0 aliphatic carbocycles. The van der Waals surface area contributed by atoms with Crippen LogP contribution in [0.15, 0.2) is 46.6 Å². The number of amides is 1. The molecule has 0 saturated carbocycles. The van der Waals surface area contributed by atoms with Crippen molar-refractivity contribution >= 4 is 29.0 Å². The van der Waals surface area contributed by atoms with E-state index in [0.717, 1.165) is 10.7 Å². The zero-order chi connectivity index (χ0) is 16.8. The predicted molar refractivity (Wildman–Crippen MR) is 85.1 cm³/mol. The lowest BCUT2D eigenvalue weighted by Gasteiger charge is -2.03. The maximum absolute atomic E-state index is 11.8. The molecule has 0 aliphatic heterocycles. The van der Waals surface area contributed by atoms with Crippen molar-refractivity contribution in [3.8, 4) is 10.7 Å². The second-order valence-electron chi connectivity index (χ2n) is 4.63. The monoisotopic (exact) mass is 344 g/mol. The summed E-state index contributed by atoms with van der Waals surface area (Å²) in [5.74, 6) is -0.775. The highest BCUT2D eigenvalue weighted by Gasteiger charge is 2.13. The van der Waals surface area contributed by atoms with Gasteiger partial charge in [-0.25, -0.2) is 4.98 Å². The Bertz CT molecular complexity index is 817. The Kier molecular flexibility index (Phi) is 4.92. The largest absolute Gasteiger partial charge is 0.455 e. The minimum Gasteiger partial charge on any atom is -0.455 e. The molecule has 0 fully saturated rings. The van der Waals surface area contributed by atoms with Crippen LogP contribution in [0.2, 0.25) is 0 Å². The smallest absolute Gasteiger partial charge is 0.312 e. The highest BCUT2D eigenvalue weighted by atomic mass is 32.1. The van der Waals surface area contributed by atoms with Crippen LogP contribution in [0.5, 0.6) is 0 Å². The van der Waals surface area contributed by atoms with Crippen molar-refractivity contribution in [1.29, 1.82) is 0 Å². The number of nitrogens with one attached hydrogen (secondary N) is 1. The van der Waals surface area contributed by atoms with E-state index >= 15 is 0 Å². The van der Waals surface area contributed by atoms with E-state index in [9.17, 15) is 9.59 Å². The topological polar surface area (TPSA) is 107 Å². The zero-order valence-corrected chi connectivity index (χ0v) is 13.2. The first-order valence-electron chi connectivity index (χ1n) is 6.92. The lowest BCUT2D eigenvalue weighted by Crippen LogP contribution is -2.21. The second-order valence-corrected chi connectivity index (χ2v) is 5.49. The summed E-state index contributed by atoms with van der Waals surface area (Å²) >= 11 is 1.39. The Hall–Kier alpha value is -3.07. The molecule has 3 heterocycles. The molecule has 0 unspecified atom stereocenters. The normalized spacial score (nSPS) is 10.3. The molecular weight excluding hydrogens is 332 g/mol. The number of pyridine rings is 1. The van der Waals surface area contributed by atoms with E-state index in [1.54, 1.807) is 11.6 Å². The fourth-order valence-corrected chi connectivity index (χ4v) is 2.59. The molecule has 1 N–H and O–H groups in total. The third-order valence-corrected chi connectivity index (χ3v) is 3.74. The van der Waals surface area contributed by atoms with Gasteiger partial charge < -0.3 is 14.6 Å². The summed E-state index contributed by atoms with van der Waals surface area (Å²) in [7, 11) is 0. The van der Waals surface area contributed by atoms with Crippen molar-refractivity contribution in [1.82, 2.24) is 15.1 Å². The number of aromatic nitrogens is 3. The number of hydrogen-bond acceptors (Lipinski definition) is 8. The summed E-state index contributed by atoms with van der Waals surface area (Å²) in [6.07, 6.45) is 2.99. The fraction of sp³-hybridized carbons (Fsp3) is 0.133. The molecule has 3 aromatic rings. The highest BCUT2D eigenvalue weighted by Crippen LogP contribution is 2.21. The first-order valence-corrected chi connectivity index (χ1v) is 7.80. The van der Waals surface area contributed by atoms with Gasteiger partial charge in [0.25, 0.3) is 5.91 Å². The van der Waals surface area contributed by atoms with Gasteiger partial charge in [0.1, 0.15) is 11.3 Å². The average Bonchev–Trinajstić information content (AvgIpc) is 3.26. The van der Waals surface area contributed by atoms with E-state index in [0.29, 0.717) is 5.69 Å². The molecule has 0 aliphatic rings. The van der Waals surface area contributed by atoms with Crippen LogP contribution in [0.1, 0.15) is 5.69 Å². The highest BCUT2D eigenvalue weighted by molar-refractivity contribution is 7.13. The minimum absolute atomic E-state index is 0.0133. The van der Waals surface area contributed by atoms with E-state index in [2.05, 4.69) is 25.0 Å². The van der Waals surface area contributed by atoms with Crippen molar-refractivity contribution in [3.05, 3.63) is 47.8 Å². The van der Waals surface area contributed by atoms with Crippen molar-refractivity contribution in [2.24, 2.45) is 0 Å². The second kappa shape index (κ2) is 7.47. The number of rotatable bonds is 6. The van der Waals surface area contributed by atoms with Crippen LogP contribution in [0.4, 0.5) is 5.82 Å². The van der Waals surface area contributed by atoms with Crippen molar-refractivity contribution in [3.63, 3.8) is 0 Å². The average molecular weight is 344 g/mol. The third-order valence-electron chi connectivity index (χ3n) is 2.83.